The molecule has 1 amide bonds. The van der Waals surface area contributed by atoms with E-state index in [9.17, 15) is 13.2 Å². The van der Waals surface area contributed by atoms with Crippen LogP contribution < -0.4 is 5.32 Å². The second kappa shape index (κ2) is 7.92. The number of aromatic nitrogens is 2. The Kier molecular flexibility index (Phi) is 5.78. The number of nitrogens with one attached hydrogen (secondary N) is 1. The standard InChI is InChI=1S/C18H21ClN4O3S/c1-3-23(4-2)27(25,26)13-7-8-14(19)16(11-13)22-18(24)15-9-10-20-17(21-15)12-5-6-12/h7-12H,3-6H2,1-2H3,(H,22,24). The molecule has 0 atom stereocenters. The van der Waals surface area contributed by atoms with Crippen LogP contribution in [0, 0.1) is 0 Å². The van der Waals surface area contributed by atoms with Crippen molar-refractivity contribution in [1.82, 2.24) is 14.3 Å². The third kappa shape index (κ3) is 4.28. The highest BCUT2D eigenvalue weighted by Gasteiger charge is 2.27. The molecular formula is C18H21ClN4O3S. The summed E-state index contributed by atoms with van der Waals surface area (Å²) in [6, 6.07) is 5.78. The lowest BCUT2D eigenvalue weighted by Crippen LogP contribution is -2.30. The van der Waals surface area contributed by atoms with Gasteiger partial charge >= 0.3 is 0 Å². The predicted octanol–water partition coefficient (Wildman–Crippen LogP) is 3.29. The van der Waals surface area contributed by atoms with Crippen LogP contribution in [0.4, 0.5) is 5.69 Å². The SMILES string of the molecule is CCN(CC)S(=O)(=O)c1ccc(Cl)c(NC(=O)c2ccnc(C3CC3)n2)c1. The topological polar surface area (TPSA) is 92.3 Å². The number of hydrogen-bond donors (Lipinski definition) is 1. The number of anilines is 1. The van der Waals surface area contributed by atoms with E-state index < -0.39 is 15.9 Å². The van der Waals surface area contributed by atoms with Gasteiger partial charge in [0.15, 0.2) is 0 Å². The maximum absolute atomic E-state index is 12.7. The van der Waals surface area contributed by atoms with Crippen molar-refractivity contribution in [2.45, 2.75) is 37.5 Å². The number of sulfonamides is 1. The first-order valence-corrected chi connectivity index (χ1v) is 10.6. The summed E-state index contributed by atoms with van der Waals surface area (Å²) in [5.74, 6) is 0.522. The van der Waals surface area contributed by atoms with Gasteiger partial charge in [0.25, 0.3) is 5.91 Å². The van der Waals surface area contributed by atoms with Crippen molar-refractivity contribution in [2.75, 3.05) is 18.4 Å². The fourth-order valence-corrected chi connectivity index (χ4v) is 4.35. The first-order valence-electron chi connectivity index (χ1n) is 8.80. The molecule has 1 heterocycles. The van der Waals surface area contributed by atoms with Crippen molar-refractivity contribution in [3.8, 4) is 0 Å². The second-order valence-corrected chi connectivity index (χ2v) is 8.60. The summed E-state index contributed by atoms with van der Waals surface area (Å²) in [6.45, 7) is 4.25. The van der Waals surface area contributed by atoms with E-state index in [4.69, 9.17) is 11.6 Å². The fraction of sp³-hybridized carbons (Fsp3) is 0.389. The lowest BCUT2D eigenvalue weighted by atomic mass is 10.3. The monoisotopic (exact) mass is 408 g/mol. The van der Waals surface area contributed by atoms with E-state index >= 15 is 0 Å². The summed E-state index contributed by atoms with van der Waals surface area (Å²) in [5, 5.41) is 2.90. The summed E-state index contributed by atoms with van der Waals surface area (Å²) in [4.78, 5) is 21.1. The molecule has 1 aliphatic rings. The van der Waals surface area contributed by atoms with Gasteiger partial charge in [0.05, 0.1) is 15.6 Å². The van der Waals surface area contributed by atoms with Crippen LogP contribution in [0.15, 0.2) is 35.4 Å². The first-order chi connectivity index (χ1) is 12.9. The Morgan fingerprint density at radius 2 is 1.96 bits per heavy atom. The van der Waals surface area contributed by atoms with E-state index in [0.717, 1.165) is 12.8 Å². The van der Waals surface area contributed by atoms with E-state index in [2.05, 4.69) is 15.3 Å². The minimum absolute atomic E-state index is 0.0762. The summed E-state index contributed by atoms with van der Waals surface area (Å²) < 4.78 is 26.7. The predicted molar refractivity (Wildman–Crippen MR) is 104 cm³/mol. The highest BCUT2D eigenvalue weighted by atomic mass is 35.5. The lowest BCUT2D eigenvalue weighted by molar-refractivity contribution is 0.102. The molecule has 7 nitrogen and oxygen atoms in total. The van der Waals surface area contributed by atoms with Crippen LogP contribution in [0.2, 0.25) is 5.02 Å². The molecule has 0 spiro atoms. The zero-order chi connectivity index (χ0) is 19.6. The molecule has 27 heavy (non-hydrogen) atoms. The molecule has 2 aromatic rings. The average molecular weight is 409 g/mol. The van der Waals surface area contributed by atoms with Gasteiger partial charge in [-0.1, -0.05) is 25.4 Å². The van der Waals surface area contributed by atoms with E-state index in [1.807, 2.05) is 0 Å². The van der Waals surface area contributed by atoms with Crippen LogP contribution in [-0.2, 0) is 10.0 Å². The number of hydrogen-bond acceptors (Lipinski definition) is 5. The number of benzene rings is 1. The van der Waals surface area contributed by atoms with Crippen molar-refractivity contribution in [2.24, 2.45) is 0 Å². The van der Waals surface area contributed by atoms with Crippen molar-refractivity contribution >= 4 is 33.2 Å². The van der Waals surface area contributed by atoms with Gasteiger partial charge in [-0.3, -0.25) is 4.79 Å². The number of carbonyl (C=O) groups is 1. The van der Waals surface area contributed by atoms with Gasteiger partial charge < -0.3 is 5.32 Å². The van der Waals surface area contributed by atoms with Gasteiger partial charge in [0, 0.05) is 25.2 Å². The van der Waals surface area contributed by atoms with Crippen LogP contribution in [0.5, 0.6) is 0 Å². The molecule has 0 radical (unpaired) electrons. The number of halogens is 1. The molecule has 1 saturated carbocycles. The Bertz CT molecular complexity index is 957. The van der Waals surface area contributed by atoms with Crippen LogP contribution in [0.1, 0.15) is 48.9 Å². The van der Waals surface area contributed by atoms with E-state index in [0.29, 0.717) is 24.8 Å². The molecule has 1 fully saturated rings. The molecule has 1 aliphatic carbocycles. The highest BCUT2D eigenvalue weighted by molar-refractivity contribution is 7.89. The lowest BCUT2D eigenvalue weighted by Gasteiger charge is -2.19. The van der Waals surface area contributed by atoms with Gasteiger partial charge in [-0.15, -0.1) is 0 Å². The van der Waals surface area contributed by atoms with Gasteiger partial charge in [-0.05, 0) is 37.1 Å². The molecule has 1 aromatic heterocycles. The number of nitrogens with zero attached hydrogens (tertiary/aromatic N) is 3. The molecule has 144 valence electrons. The summed E-state index contributed by atoms with van der Waals surface area (Å²) >= 11 is 6.16. The van der Waals surface area contributed by atoms with Crippen molar-refractivity contribution in [3.05, 3.63) is 47.0 Å². The molecule has 1 aromatic carbocycles. The minimum atomic E-state index is -3.65. The summed E-state index contributed by atoms with van der Waals surface area (Å²) in [7, 11) is -3.65. The number of amides is 1. The van der Waals surface area contributed by atoms with E-state index in [-0.39, 0.29) is 21.3 Å². The third-order valence-electron chi connectivity index (χ3n) is 4.38. The molecule has 0 unspecified atom stereocenters. The van der Waals surface area contributed by atoms with E-state index in [1.165, 1.54) is 28.6 Å². The van der Waals surface area contributed by atoms with Gasteiger partial charge in [0.1, 0.15) is 11.5 Å². The molecule has 9 heteroatoms. The second-order valence-electron chi connectivity index (χ2n) is 6.26. The molecule has 3 rings (SSSR count). The maximum Gasteiger partial charge on any atom is 0.274 e. The molecular weight excluding hydrogens is 388 g/mol. The molecule has 0 bridgehead atoms. The zero-order valence-electron chi connectivity index (χ0n) is 15.1. The summed E-state index contributed by atoms with van der Waals surface area (Å²) in [5.41, 5.74) is 0.446. The van der Waals surface area contributed by atoms with Crippen molar-refractivity contribution in [3.63, 3.8) is 0 Å². The largest absolute Gasteiger partial charge is 0.319 e. The van der Waals surface area contributed by atoms with E-state index in [1.54, 1.807) is 20.0 Å². The minimum Gasteiger partial charge on any atom is -0.319 e. The van der Waals surface area contributed by atoms with Crippen LogP contribution in [0.25, 0.3) is 0 Å². The Hall–Kier alpha value is -2.03. The number of rotatable bonds is 7. The zero-order valence-corrected chi connectivity index (χ0v) is 16.7. The Labute approximate surface area is 163 Å². The van der Waals surface area contributed by atoms with Gasteiger partial charge in [-0.2, -0.15) is 4.31 Å². The number of carbonyl (C=O) groups excluding carboxylic acids is 1. The van der Waals surface area contributed by atoms with Gasteiger partial charge in [0.2, 0.25) is 10.0 Å². The third-order valence-corrected chi connectivity index (χ3v) is 6.75. The molecule has 1 N–H and O–H groups in total. The Balaban J connectivity index is 1.86. The smallest absolute Gasteiger partial charge is 0.274 e. The molecule has 0 saturated heterocycles. The first kappa shape index (κ1) is 19.7. The summed E-state index contributed by atoms with van der Waals surface area (Å²) in [6.07, 6.45) is 3.61. The van der Waals surface area contributed by atoms with Gasteiger partial charge in [-0.25, -0.2) is 18.4 Å². The van der Waals surface area contributed by atoms with Crippen LogP contribution in [-0.4, -0.2) is 41.7 Å². The quantitative estimate of drug-likeness (QED) is 0.758. The molecule has 0 aliphatic heterocycles. The normalized spacial score (nSPS) is 14.4. The Morgan fingerprint density at radius 1 is 1.26 bits per heavy atom. The van der Waals surface area contributed by atoms with Crippen LogP contribution >= 0.6 is 11.6 Å². The fourth-order valence-electron chi connectivity index (χ4n) is 2.70. The maximum atomic E-state index is 12.7. The van der Waals surface area contributed by atoms with Crippen molar-refractivity contribution in [1.29, 1.82) is 0 Å². The Morgan fingerprint density at radius 3 is 2.59 bits per heavy atom. The average Bonchev–Trinajstić information content (AvgIpc) is 3.49. The highest BCUT2D eigenvalue weighted by Crippen LogP contribution is 2.37. The van der Waals surface area contributed by atoms with Crippen LogP contribution in [0.3, 0.4) is 0 Å². The van der Waals surface area contributed by atoms with Crippen molar-refractivity contribution < 1.29 is 13.2 Å².